The molecule has 0 aliphatic carbocycles. The van der Waals surface area contributed by atoms with Crippen molar-refractivity contribution in [2.45, 2.75) is 25.9 Å². The second kappa shape index (κ2) is 10.6. The fourth-order valence-electron chi connectivity index (χ4n) is 3.78. The largest absolute Gasteiger partial charge is 0.447 e. The van der Waals surface area contributed by atoms with Gasteiger partial charge in [-0.05, 0) is 48.7 Å². The Morgan fingerprint density at radius 1 is 1.29 bits per heavy atom. The molecule has 0 radical (unpaired) electrons. The number of alkyl halides is 1. The Labute approximate surface area is 199 Å². The van der Waals surface area contributed by atoms with E-state index in [0.717, 1.165) is 0 Å². The Morgan fingerprint density at radius 2 is 2.11 bits per heavy atom. The topological polar surface area (TPSA) is 122 Å². The van der Waals surface area contributed by atoms with Crippen LogP contribution in [-0.2, 0) is 17.7 Å². The first kappa shape index (κ1) is 24.2. The number of nitrogens with zero attached hydrogens (tertiary/aromatic N) is 5. The maximum atomic E-state index is 14.8. The lowest BCUT2D eigenvalue weighted by atomic mass is 9.97. The minimum Gasteiger partial charge on any atom is -0.447 e. The van der Waals surface area contributed by atoms with Gasteiger partial charge in [-0.3, -0.25) is 4.79 Å². The number of aliphatic hydroxyl groups is 1. The van der Waals surface area contributed by atoms with Gasteiger partial charge in [0.15, 0.2) is 5.82 Å². The van der Waals surface area contributed by atoms with Crippen LogP contribution in [0.2, 0.25) is 0 Å². The predicted octanol–water partition coefficient (Wildman–Crippen LogP) is 2.75. The maximum Gasteiger partial charge on any atom is 0.410 e. The predicted molar refractivity (Wildman–Crippen MR) is 121 cm³/mol. The van der Waals surface area contributed by atoms with Gasteiger partial charge in [0, 0.05) is 13.1 Å². The van der Waals surface area contributed by atoms with Gasteiger partial charge >= 0.3 is 6.09 Å². The average Bonchev–Trinajstić information content (AvgIpc) is 3.36. The molecule has 10 nitrogen and oxygen atoms in total. The molecule has 2 amide bonds. The van der Waals surface area contributed by atoms with E-state index in [4.69, 9.17) is 4.74 Å². The Hall–Kier alpha value is -3.93. The SMILES string of the molecule is C[C@H](CO)n1cnnc1-c1cccc(NC(=O)c2cc3c(cc2F)CCN(C(=O)OCCF)C3)n1. The third-order valence-electron chi connectivity index (χ3n) is 5.64. The lowest BCUT2D eigenvalue weighted by molar-refractivity contribution is 0.0921. The van der Waals surface area contributed by atoms with Gasteiger partial charge < -0.3 is 24.6 Å². The van der Waals surface area contributed by atoms with Crippen molar-refractivity contribution in [3.8, 4) is 11.5 Å². The molecule has 3 heterocycles. The molecule has 184 valence electrons. The molecule has 1 atom stereocenters. The number of aliphatic hydroxyl groups excluding tert-OH is 1. The normalized spacial score (nSPS) is 13.8. The number of aromatic nitrogens is 4. The zero-order valence-corrected chi connectivity index (χ0v) is 18.9. The van der Waals surface area contributed by atoms with Crippen LogP contribution >= 0.6 is 0 Å². The first-order valence-electron chi connectivity index (χ1n) is 11.0. The molecular weight excluding hydrogens is 462 g/mol. The Morgan fingerprint density at radius 3 is 2.89 bits per heavy atom. The van der Waals surface area contributed by atoms with Crippen molar-refractivity contribution in [3.05, 3.63) is 59.2 Å². The van der Waals surface area contributed by atoms with Crippen molar-refractivity contribution in [3.63, 3.8) is 0 Å². The summed E-state index contributed by atoms with van der Waals surface area (Å²) in [5, 5.41) is 19.9. The first-order chi connectivity index (χ1) is 16.9. The highest BCUT2D eigenvalue weighted by atomic mass is 19.1. The van der Waals surface area contributed by atoms with E-state index in [1.165, 1.54) is 23.4 Å². The molecule has 0 unspecified atom stereocenters. The highest BCUT2D eigenvalue weighted by Crippen LogP contribution is 2.25. The van der Waals surface area contributed by atoms with E-state index in [0.29, 0.717) is 35.6 Å². The third kappa shape index (κ3) is 5.27. The number of ether oxygens (including phenoxy) is 1. The second-order valence-corrected chi connectivity index (χ2v) is 8.03. The molecule has 0 saturated carbocycles. The van der Waals surface area contributed by atoms with Gasteiger partial charge in [-0.25, -0.2) is 18.6 Å². The molecule has 3 aromatic rings. The second-order valence-electron chi connectivity index (χ2n) is 8.03. The van der Waals surface area contributed by atoms with Gasteiger partial charge in [0.25, 0.3) is 5.91 Å². The van der Waals surface area contributed by atoms with Crippen LogP contribution in [0.3, 0.4) is 0 Å². The lowest BCUT2D eigenvalue weighted by Crippen LogP contribution is -2.37. The summed E-state index contributed by atoms with van der Waals surface area (Å²) in [6, 6.07) is 7.30. The minimum absolute atomic E-state index is 0.118. The maximum absolute atomic E-state index is 14.8. The highest BCUT2D eigenvalue weighted by Gasteiger charge is 2.25. The van der Waals surface area contributed by atoms with Crippen molar-refractivity contribution in [2.24, 2.45) is 0 Å². The Bertz CT molecular complexity index is 1230. The van der Waals surface area contributed by atoms with Crippen LogP contribution in [0.4, 0.5) is 19.4 Å². The fourth-order valence-corrected chi connectivity index (χ4v) is 3.78. The average molecular weight is 486 g/mol. The zero-order valence-electron chi connectivity index (χ0n) is 18.9. The minimum atomic E-state index is -0.778. The molecule has 2 N–H and O–H groups in total. The number of carbonyl (C=O) groups excluding carboxylic acids is 2. The molecule has 2 aromatic heterocycles. The summed E-state index contributed by atoms with van der Waals surface area (Å²) in [6.07, 6.45) is 1.20. The van der Waals surface area contributed by atoms with Crippen molar-refractivity contribution >= 4 is 17.8 Å². The number of halogens is 2. The van der Waals surface area contributed by atoms with E-state index in [2.05, 4.69) is 20.5 Å². The van der Waals surface area contributed by atoms with Crippen molar-refractivity contribution in [1.82, 2.24) is 24.6 Å². The van der Waals surface area contributed by atoms with Crippen LogP contribution in [0, 0.1) is 5.82 Å². The number of pyridine rings is 1. The van der Waals surface area contributed by atoms with E-state index in [1.54, 1.807) is 29.7 Å². The van der Waals surface area contributed by atoms with Gasteiger partial charge in [0.2, 0.25) is 0 Å². The fraction of sp³-hybridized carbons (Fsp3) is 0.348. The number of hydrogen-bond donors (Lipinski definition) is 2. The van der Waals surface area contributed by atoms with Crippen molar-refractivity contribution in [1.29, 1.82) is 0 Å². The summed E-state index contributed by atoms with van der Waals surface area (Å²) in [6.45, 7) is 0.983. The lowest BCUT2D eigenvalue weighted by Gasteiger charge is -2.28. The molecule has 1 aliphatic rings. The smallest absolute Gasteiger partial charge is 0.410 e. The van der Waals surface area contributed by atoms with Crippen LogP contribution in [-0.4, -0.2) is 68.2 Å². The molecule has 0 fully saturated rings. The number of fused-ring (bicyclic) bond motifs is 1. The molecule has 1 aliphatic heterocycles. The van der Waals surface area contributed by atoms with Crippen molar-refractivity contribution in [2.75, 3.05) is 31.7 Å². The molecule has 35 heavy (non-hydrogen) atoms. The van der Waals surface area contributed by atoms with Crippen LogP contribution in [0.25, 0.3) is 11.5 Å². The number of amides is 2. The van der Waals surface area contributed by atoms with Gasteiger partial charge in [-0.15, -0.1) is 10.2 Å². The van der Waals surface area contributed by atoms with E-state index >= 15 is 0 Å². The number of carbonyl (C=O) groups is 2. The third-order valence-corrected chi connectivity index (χ3v) is 5.64. The van der Waals surface area contributed by atoms with E-state index in [1.807, 2.05) is 0 Å². The van der Waals surface area contributed by atoms with Gasteiger partial charge in [-0.2, -0.15) is 0 Å². The summed E-state index contributed by atoms with van der Waals surface area (Å²) >= 11 is 0. The molecule has 4 rings (SSSR count). The molecule has 0 bridgehead atoms. The van der Waals surface area contributed by atoms with E-state index < -0.39 is 24.5 Å². The molecule has 0 saturated heterocycles. The number of benzene rings is 1. The van der Waals surface area contributed by atoms with E-state index in [-0.39, 0.29) is 37.2 Å². The van der Waals surface area contributed by atoms with Crippen LogP contribution in [0.5, 0.6) is 0 Å². The number of nitrogens with one attached hydrogen (secondary N) is 1. The summed E-state index contributed by atoms with van der Waals surface area (Å²) < 4.78 is 33.5. The van der Waals surface area contributed by atoms with Gasteiger partial charge in [0.1, 0.15) is 36.9 Å². The number of rotatable bonds is 7. The first-order valence-corrected chi connectivity index (χ1v) is 11.0. The van der Waals surface area contributed by atoms with Crippen LogP contribution in [0.1, 0.15) is 34.5 Å². The molecule has 12 heteroatoms. The van der Waals surface area contributed by atoms with Gasteiger partial charge in [0.05, 0.1) is 18.2 Å². The standard InChI is InChI=1S/C23H24F2N6O4/c1-14(12-32)31-13-26-29-21(31)19-3-2-4-20(27-19)28-22(33)17-9-16-11-30(23(34)35-8-6-24)7-5-15(16)10-18(17)25/h2-4,9-10,13-14,32H,5-8,11-12H2,1H3,(H,27,28,33)/t14-/m1/s1. The Kier molecular flexibility index (Phi) is 7.30. The molecule has 1 aromatic carbocycles. The number of anilines is 1. The highest BCUT2D eigenvalue weighted by molar-refractivity contribution is 6.04. The summed E-state index contributed by atoms with van der Waals surface area (Å²) in [7, 11) is 0. The monoisotopic (exact) mass is 486 g/mol. The van der Waals surface area contributed by atoms with E-state index in [9.17, 15) is 23.5 Å². The molecular formula is C23H24F2N6O4. The van der Waals surface area contributed by atoms with Crippen LogP contribution in [0.15, 0.2) is 36.7 Å². The quantitative estimate of drug-likeness (QED) is 0.527. The van der Waals surface area contributed by atoms with Crippen molar-refractivity contribution < 1.29 is 28.2 Å². The summed E-state index contributed by atoms with van der Waals surface area (Å²) in [4.78, 5) is 30.7. The zero-order chi connectivity index (χ0) is 24.9. The summed E-state index contributed by atoms with van der Waals surface area (Å²) in [5.74, 6) is -0.825. The molecule has 0 spiro atoms. The van der Waals surface area contributed by atoms with Crippen LogP contribution < -0.4 is 5.32 Å². The summed E-state index contributed by atoms with van der Waals surface area (Å²) in [5.41, 5.74) is 1.50. The van der Waals surface area contributed by atoms with Gasteiger partial charge in [-0.1, -0.05) is 6.07 Å². The Balaban J connectivity index is 1.53. The number of hydrogen-bond acceptors (Lipinski definition) is 7.